The highest BCUT2D eigenvalue weighted by Crippen LogP contribution is 2.48. The number of nitrogens with zero attached hydrogens (tertiary/aromatic N) is 1. The van der Waals surface area contributed by atoms with Gasteiger partial charge in [0.25, 0.3) is 0 Å². The van der Waals surface area contributed by atoms with Crippen LogP contribution in [-0.4, -0.2) is 32.3 Å². The van der Waals surface area contributed by atoms with Gasteiger partial charge >= 0.3 is 0 Å². The summed E-state index contributed by atoms with van der Waals surface area (Å²) in [4.78, 5) is 2.65. The Morgan fingerprint density at radius 3 is 2.19 bits per heavy atom. The van der Waals surface area contributed by atoms with Crippen molar-refractivity contribution >= 4 is 0 Å². The molecule has 0 bridgehead atoms. The fourth-order valence-electron chi connectivity index (χ4n) is 5.61. The van der Waals surface area contributed by atoms with E-state index in [0.29, 0.717) is 12.0 Å². The molecule has 166 valence electrons. The Kier molecular flexibility index (Phi) is 5.56. The molecule has 1 heterocycles. The first kappa shape index (κ1) is 20.9. The molecule has 2 atom stereocenters. The minimum absolute atomic E-state index is 0.302. The molecule has 0 amide bonds. The molecule has 32 heavy (non-hydrogen) atoms. The maximum atomic E-state index is 5.69. The van der Waals surface area contributed by atoms with Crippen LogP contribution in [0.4, 0.5) is 0 Å². The van der Waals surface area contributed by atoms with E-state index in [1.165, 1.54) is 33.4 Å². The van der Waals surface area contributed by atoms with Gasteiger partial charge in [-0.2, -0.15) is 0 Å². The lowest BCUT2D eigenvalue weighted by Crippen LogP contribution is -2.45. The fraction of sp³-hybridized carbons (Fsp3) is 0.357. The Morgan fingerprint density at radius 1 is 0.812 bits per heavy atom. The molecule has 2 aliphatic rings. The number of methoxy groups -OCH3 is 3. The van der Waals surface area contributed by atoms with Crippen LogP contribution < -0.4 is 14.2 Å². The summed E-state index contributed by atoms with van der Waals surface area (Å²) in [6.07, 6.45) is 2.18. The van der Waals surface area contributed by atoms with Gasteiger partial charge in [-0.1, -0.05) is 36.4 Å². The molecule has 4 heteroatoms. The van der Waals surface area contributed by atoms with Crippen LogP contribution in [0, 0.1) is 6.92 Å². The largest absolute Gasteiger partial charge is 0.496 e. The van der Waals surface area contributed by atoms with Crippen molar-refractivity contribution in [3.05, 3.63) is 88.0 Å². The highest BCUT2D eigenvalue weighted by atomic mass is 16.5. The van der Waals surface area contributed by atoms with E-state index in [0.717, 1.165) is 43.2 Å². The van der Waals surface area contributed by atoms with Crippen LogP contribution in [0.5, 0.6) is 17.2 Å². The molecule has 0 spiro atoms. The van der Waals surface area contributed by atoms with E-state index in [9.17, 15) is 0 Å². The quantitative estimate of drug-likeness (QED) is 0.537. The molecule has 0 aromatic heterocycles. The highest BCUT2D eigenvalue weighted by Gasteiger charge is 2.40. The van der Waals surface area contributed by atoms with E-state index in [1.807, 2.05) is 0 Å². The topological polar surface area (TPSA) is 30.9 Å². The van der Waals surface area contributed by atoms with E-state index in [2.05, 4.69) is 66.4 Å². The molecule has 3 aromatic carbocycles. The lowest BCUT2D eigenvalue weighted by Gasteiger charge is -2.46. The number of ether oxygens (including phenoxy) is 3. The first-order valence-corrected chi connectivity index (χ1v) is 11.3. The number of benzene rings is 3. The summed E-state index contributed by atoms with van der Waals surface area (Å²) < 4.78 is 17.0. The molecule has 0 saturated heterocycles. The average molecular weight is 430 g/mol. The zero-order valence-corrected chi connectivity index (χ0v) is 19.4. The van der Waals surface area contributed by atoms with Gasteiger partial charge in [0, 0.05) is 25.0 Å². The van der Waals surface area contributed by atoms with Crippen LogP contribution in [0.25, 0.3) is 0 Å². The van der Waals surface area contributed by atoms with Crippen LogP contribution in [0.3, 0.4) is 0 Å². The molecule has 0 N–H and O–H groups in total. The van der Waals surface area contributed by atoms with Crippen molar-refractivity contribution in [2.45, 2.75) is 44.8 Å². The van der Waals surface area contributed by atoms with Gasteiger partial charge in [0.05, 0.1) is 21.3 Å². The van der Waals surface area contributed by atoms with E-state index < -0.39 is 0 Å². The van der Waals surface area contributed by atoms with Gasteiger partial charge < -0.3 is 14.2 Å². The highest BCUT2D eigenvalue weighted by molar-refractivity contribution is 5.56. The second kappa shape index (κ2) is 8.51. The summed E-state index contributed by atoms with van der Waals surface area (Å²) in [6.45, 7) is 4.02. The molecule has 4 nitrogen and oxygen atoms in total. The normalized spacial score (nSPS) is 19.5. The Labute approximate surface area is 190 Å². The lowest BCUT2D eigenvalue weighted by molar-refractivity contribution is 0.132. The molecule has 1 aliphatic heterocycles. The van der Waals surface area contributed by atoms with E-state index in [-0.39, 0.29) is 0 Å². The summed E-state index contributed by atoms with van der Waals surface area (Å²) in [6, 6.07) is 20.2. The van der Waals surface area contributed by atoms with Crippen molar-refractivity contribution in [1.82, 2.24) is 4.90 Å². The van der Waals surface area contributed by atoms with Crippen molar-refractivity contribution < 1.29 is 14.2 Å². The number of rotatable bonds is 5. The van der Waals surface area contributed by atoms with Gasteiger partial charge in [-0.05, 0) is 71.3 Å². The summed E-state index contributed by atoms with van der Waals surface area (Å²) >= 11 is 0. The standard InChI is InChI=1S/C28H31NO3/c1-18-12-22-21(14-25(18)30-2)17-29(16-19-8-6-5-7-9-19)24-11-10-20-13-26(31-3)27(32-4)15-23(20)28(22)24/h5-9,12-15,24,28H,10-11,16-17H2,1-4H3. The Hall–Kier alpha value is -2.98. The van der Waals surface area contributed by atoms with Crippen LogP contribution in [0.1, 0.15) is 45.7 Å². The van der Waals surface area contributed by atoms with Crippen LogP contribution in [0.15, 0.2) is 54.6 Å². The van der Waals surface area contributed by atoms with Crippen LogP contribution >= 0.6 is 0 Å². The van der Waals surface area contributed by atoms with Crippen molar-refractivity contribution in [3.63, 3.8) is 0 Å². The van der Waals surface area contributed by atoms with E-state index >= 15 is 0 Å². The molecule has 3 aromatic rings. The summed E-state index contributed by atoms with van der Waals surface area (Å²) in [5.41, 5.74) is 8.05. The Balaban J connectivity index is 1.65. The van der Waals surface area contributed by atoms with Crippen LogP contribution in [0.2, 0.25) is 0 Å². The third-order valence-corrected chi connectivity index (χ3v) is 7.14. The molecule has 2 unspecified atom stereocenters. The predicted octanol–water partition coefficient (Wildman–Crippen LogP) is 5.48. The first-order valence-electron chi connectivity index (χ1n) is 11.3. The van der Waals surface area contributed by atoms with Gasteiger partial charge in [-0.25, -0.2) is 0 Å². The van der Waals surface area contributed by atoms with Gasteiger partial charge in [-0.15, -0.1) is 0 Å². The predicted molar refractivity (Wildman–Crippen MR) is 127 cm³/mol. The second-order valence-electron chi connectivity index (χ2n) is 8.90. The zero-order chi connectivity index (χ0) is 22.2. The maximum absolute atomic E-state index is 5.69. The maximum Gasteiger partial charge on any atom is 0.161 e. The van der Waals surface area contributed by atoms with E-state index in [4.69, 9.17) is 14.2 Å². The van der Waals surface area contributed by atoms with Gasteiger partial charge in [0.1, 0.15) is 5.75 Å². The average Bonchev–Trinajstić information content (AvgIpc) is 2.83. The SMILES string of the molecule is COc1cc2c(cc1C)C1c3cc(OC)c(OC)cc3CCC1N(Cc1ccccc1)C2. The number of hydrogen-bond acceptors (Lipinski definition) is 4. The van der Waals surface area contributed by atoms with Gasteiger partial charge in [-0.3, -0.25) is 4.90 Å². The monoisotopic (exact) mass is 429 g/mol. The minimum atomic E-state index is 0.302. The molecule has 1 aliphatic carbocycles. The van der Waals surface area contributed by atoms with Crippen molar-refractivity contribution in [1.29, 1.82) is 0 Å². The van der Waals surface area contributed by atoms with E-state index in [1.54, 1.807) is 21.3 Å². The molecular formula is C28H31NO3. The van der Waals surface area contributed by atoms with Gasteiger partial charge in [0.15, 0.2) is 11.5 Å². The fourth-order valence-corrected chi connectivity index (χ4v) is 5.61. The van der Waals surface area contributed by atoms with Crippen molar-refractivity contribution in [3.8, 4) is 17.2 Å². The third kappa shape index (κ3) is 3.53. The first-order chi connectivity index (χ1) is 15.6. The molecule has 0 saturated carbocycles. The number of hydrogen-bond donors (Lipinski definition) is 0. The molecule has 5 rings (SSSR count). The summed E-state index contributed by atoms with van der Waals surface area (Å²) in [7, 11) is 5.19. The van der Waals surface area contributed by atoms with Gasteiger partial charge in [0.2, 0.25) is 0 Å². The molecule has 0 radical (unpaired) electrons. The summed E-state index contributed by atoms with van der Waals surface area (Å²) in [5, 5.41) is 0. The number of aryl methyl sites for hydroxylation is 2. The third-order valence-electron chi connectivity index (χ3n) is 7.14. The minimum Gasteiger partial charge on any atom is -0.496 e. The second-order valence-corrected chi connectivity index (χ2v) is 8.90. The smallest absolute Gasteiger partial charge is 0.161 e. The zero-order valence-electron chi connectivity index (χ0n) is 19.4. The van der Waals surface area contributed by atoms with Crippen molar-refractivity contribution in [2.24, 2.45) is 0 Å². The molecular weight excluding hydrogens is 398 g/mol. The Morgan fingerprint density at radius 2 is 1.47 bits per heavy atom. The molecule has 0 fully saturated rings. The van der Waals surface area contributed by atoms with Crippen LogP contribution in [-0.2, 0) is 19.5 Å². The lowest BCUT2D eigenvalue weighted by atomic mass is 9.71. The summed E-state index contributed by atoms with van der Waals surface area (Å²) in [5.74, 6) is 2.88. The van der Waals surface area contributed by atoms with Crippen molar-refractivity contribution in [2.75, 3.05) is 21.3 Å². The number of fused-ring (bicyclic) bond motifs is 5. The Bertz CT molecular complexity index is 1130.